The van der Waals surface area contributed by atoms with E-state index in [0.717, 1.165) is 51.5 Å². The minimum atomic E-state index is -3.15. The number of carboxylic acid groups (broad SMARTS) is 1. The Kier molecular flexibility index (Phi) is 16.0. The number of hydrogen-bond donors (Lipinski definition) is 4. The molecule has 1 saturated heterocycles. The molecule has 2 heterocycles. The molecule has 2 unspecified atom stereocenters. The van der Waals surface area contributed by atoms with Crippen LogP contribution in [-0.2, 0) is 21.9 Å². The molecule has 0 radical (unpaired) electrons. The van der Waals surface area contributed by atoms with E-state index in [1.807, 2.05) is 14.0 Å². The second-order valence-electron chi connectivity index (χ2n) is 13.8. The number of ether oxygens (including phenoxy) is 1. The van der Waals surface area contributed by atoms with Gasteiger partial charge in [-0.3, -0.25) is 14.6 Å². The number of carbonyl (C=O) groups is 2. The van der Waals surface area contributed by atoms with Gasteiger partial charge in [0.2, 0.25) is 0 Å². The fourth-order valence-electron chi connectivity index (χ4n) is 6.82. The van der Waals surface area contributed by atoms with Gasteiger partial charge in [-0.05, 0) is 112 Å². The van der Waals surface area contributed by atoms with Crippen molar-refractivity contribution in [1.29, 1.82) is 0 Å². The molecule has 1 aliphatic heterocycles. The van der Waals surface area contributed by atoms with Crippen LogP contribution < -0.4 is 16.4 Å². The van der Waals surface area contributed by atoms with E-state index >= 15 is 0 Å². The number of pyridine rings is 1. The van der Waals surface area contributed by atoms with Gasteiger partial charge in [0.15, 0.2) is 5.78 Å². The Balaban J connectivity index is 0.000000264. The number of benzene rings is 1. The van der Waals surface area contributed by atoms with Crippen LogP contribution in [-0.4, -0.2) is 55.7 Å². The quantitative estimate of drug-likeness (QED) is 0.130. The Labute approximate surface area is 298 Å². The summed E-state index contributed by atoms with van der Waals surface area (Å²) in [6.07, 6.45) is 10.3. The Bertz CT molecular complexity index is 1450. The van der Waals surface area contributed by atoms with Crippen LogP contribution in [0.2, 0.25) is 0 Å². The highest BCUT2D eigenvalue weighted by Gasteiger charge is 2.35. The third kappa shape index (κ3) is 10.9. The van der Waals surface area contributed by atoms with Crippen LogP contribution in [0.1, 0.15) is 141 Å². The first-order valence-electron chi connectivity index (χ1n) is 18.5. The number of carbonyl (C=O) groups excluding carboxylic acids is 1. The molecule has 50 heavy (non-hydrogen) atoms. The number of aliphatic carboxylic acids is 1. The van der Waals surface area contributed by atoms with Gasteiger partial charge >= 0.3 is 5.97 Å². The van der Waals surface area contributed by atoms with E-state index in [0.29, 0.717) is 42.2 Å². The lowest BCUT2D eigenvalue weighted by Gasteiger charge is -2.36. The van der Waals surface area contributed by atoms with Gasteiger partial charge in [0.05, 0.1) is 13.2 Å². The summed E-state index contributed by atoms with van der Waals surface area (Å²) in [6, 6.07) is 6.25. The molecular formula is C40H60F2N4O4. The standard InChI is InChI=1S/C21H29F2NO3.C18H26N2O.CH5N/c1-4-7-18(25)16-10-14(11-17(15(16)5-2)21(3,22)23)19(20(26)27)24-12-13-8-6-9-13;1-4-5-16(19-3)18(15-10-21-11-15)14-8-12(2)20-17(9-14)13-6-7-13;1-2/h10-11,13,19,24H,4-9,12H2,1-3H3,(H,26,27);5,8-9,13,15,18-19H,4,6-7,10-11H2,1-3H3;2H2,1H3/b;16-5+;. The van der Waals surface area contributed by atoms with Gasteiger partial charge < -0.3 is 26.2 Å². The molecule has 3 fully saturated rings. The Morgan fingerprint density at radius 2 is 1.76 bits per heavy atom. The van der Waals surface area contributed by atoms with Crippen LogP contribution in [0, 0.1) is 18.8 Å². The van der Waals surface area contributed by atoms with Crippen LogP contribution in [0.5, 0.6) is 0 Å². The lowest BCUT2D eigenvalue weighted by atomic mass is 9.81. The number of nitrogens with one attached hydrogen (secondary N) is 2. The molecule has 3 aliphatic rings. The molecule has 2 aromatic rings. The van der Waals surface area contributed by atoms with Crippen LogP contribution >= 0.6 is 0 Å². The highest BCUT2D eigenvalue weighted by molar-refractivity contribution is 5.98. The number of aromatic nitrogens is 1. The molecule has 2 atom stereocenters. The van der Waals surface area contributed by atoms with Gasteiger partial charge in [-0.2, -0.15) is 0 Å². The van der Waals surface area contributed by atoms with E-state index in [-0.39, 0.29) is 35.3 Å². The van der Waals surface area contributed by atoms with Gasteiger partial charge in [-0.25, -0.2) is 8.78 Å². The molecule has 2 aliphatic carbocycles. The zero-order valence-electron chi connectivity index (χ0n) is 31.2. The van der Waals surface area contributed by atoms with E-state index in [2.05, 4.69) is 48.4 Å². The SMILES string of the molecule is CC/C=C(/NC)C(c1cc(C)nc(C2CC2)c1)C1COC1.CCCC(=O)c1cc(C(NCC2CCC2)C(=O)O)cc(C(C)(F)F)c1CC.CN. The smallest absolute Gasteiger partial charge is 0.325 e. The Morgan fingerprint density at radius 1 is 1.08 bits per heavy atom. The first-order chi connectivity index (χ1) is 23.9. The monoisotopic (exact) mass is 698 g/mol. The predicted molar refractivity (Wildman–Crippen MR) is 196 cm³/mol. The number of nitrogens with two attached hydrogens (primary N) is 1. The second-order valence-corrected chi connectivity index (χ2v) is 13.8. The van der Waals surface area contributed by atoms with Crippen molar-refractivity contribution in [2.24, 2.45) is 17.6 Å². The summed E-state index contributed by atoms with van der Waals surface area (Å²) in [6.45, 7) is 10.9. The average Bonchev–Trinajstić information content (AvgIpc) is 3.89. The molecule has 10 heteroatoms. The minimum Gasteiger partial charge on any atom is -0.480 e. The van der Waals surface area contributed by atoms with Crippen molar-refractivity contribution >= 4 is 11.8 Å². The van der Waals surface area contributed by atoms with Crippen LogP contribution in [0.4, 0.5) is 8.78 Å². The normalized spacial score (nSPS) is 17.6. The minimum absolute atomic E-state index is 0.218. The highest BCUT2D eigenvalue weighted by Crippen LogP contribution is 2.42. The van der Waals surface area contributed by atoms with Crippen molar-refractivity contribution in [3.63, 3.8) is 0 Å². The lowest BCUT2D eigenvalue weighted by Crippen LogP contribution is -2.36. The molecule has 1 aromatic carbocycles. The zero-order valence-corrected chi connectivity index (χ0v) is 31.2. The van der Waals surface area contributed by atoms with Gasteiger partial charge in [0, 0.05) is 66.4 Å². The Morgan fingerprint density at radius 3 is 2.22 bits per heavy atom. The highest BCUT2D eigenvalue weighted by atomic mass is 19.3. The summed E-state index contributed by atoms with van der Waals surface area (Å²) in [5, 5.41) is 16.1. The summed E-state index contributed by atoms with van der Waals surface area (Å²) in [5.41, 5.74) is 10.2. The number of hydrogen-bond acceptors (Lipinski definition) is 7. The zero-order chi connectivity index (χ0) is 37.0. The molecule has 2 saturated carbocycles. The summed E-state index contributed by atoms with van der Waals surface area (Å²) in [5.74, 6) is -2.36. The molecule has 1 aromatic heterocycles. The van der Waals surface area contributed by atoms with E-state index in [4.69, 9.17) is 9.72 Å². The van der Waals surface area contributed by atoms with Crippen molar-refractivity contribution < 1.29 is 28.2 Å². The van der Waals surface area contributed by atoms with Gasteiger partial charge in [0.25, 0.3) is 5.92 Å². The van der Waals surface area contributed by atoms with Crippen molar-refractivity contribution in [3.8, 4) is 0 Å². The molecular weight excluding hydrogens is 638 g/mol. The van der Waals surface area contributed by atoms with Gasteiger partial charge in [-0.1, -0.05) is 33.3 Å². The summed E-state index contributed by atoms with van der Waals surface area (Å²) >= 11 is 0. The number of Topliss-reactive ketones (excluding diaryl/α,β-unsaturated/α-hetero) is 1. The number of carboxylic acids is 1. The molecule has 0 bridgehead atoms. The summed E-state index contributed by atoms with van der Waals surface area (Å²) < 4.78 is 34.0. The van der Waals surface area contributed by atoms with Crippen molar-refractivity contribution in [2.75, 3.05) is 33.9 Å². The number of likely N-dealkylation sites (N-methyl/N-ethyl adjacent to an activating group) is 1. The maximum atomic E-state index is 14.3. The number of nitrogens with zero attached hydrogens (tertiary/aromatic N) is 1. The first-order valence-corrected chi connectivity index (χ1v) is 18.5. The number of ketones is 1. The third-order valence-electron chi connectivity index (χ3n) is 9.83. The average molecular weight is 699 g/mol. The fourth-order valence-corrected chi connectivity index (χ4v) is 6.82. The first kappa shape index (κ1) is 41.2. The number of allylic oxidation sites excluding steroid dienone is 2. The third-order valence-corrected chi connectivity index (χ3v) is 9.83. The number of alkyl halides is 2. The maximum absolute atomic E-state index is 14.3. The largest absolute Gasteiger partial charge is 0.480 e. The molecule has 8 nitrogen and oxygen atoms in total. The lowest BCUT2D eigenvalue weighted by molar-refractivity contribution is -0.139. The molecule has 278 valence electrons. The van der Waals surface area contributed by atoms with E-state index < -0.39 is 17.9 Å². The fraction of sp³-hybridized carbons (Fsp3) is 0.625. The molecule has 5 rings (SSSR count). The summed E-state index contributed by atoms with van der Waals surface area (Å²) in [7, 11) is 3.53. The topological polar surface area (TPSA) is 127 Å². The van der Waals surface area contributed by atoms with Crippen molar-refractivity contribution in [2.45, 2.75) is 116 Å². The van der Waals surface area contributed by atoms with Crippen LogP contribution in [0.25, 0.3) is 0 Å². The Hall–Kier alpha value is -3.21. The number of rotatable bonds is 16. The van der Waals surface area contributed by atoms with E-state index in [1.54, 1.807) is 6.92 Å². The molecule has 0 amide bonds. The van der Waals surface area contributed by atoms with Crippen molar-refractivity contribution in [3.05, 3.63) is 75.2 Å². The predicted octanol–water partition coefficient (Wildman–Crippen LogP) is 7.94. The second kappa shape index (κ2) is 19.4. The van der Waals surface area contributed by atoms with Crippen LogP contribution in [0.15, 0.2) is 36.0 Å². The maximum Gasteiger partial charge on any atom is 0.325 e. The van der Waals surface area contributed by atoms with Gasteiger partial charge in [0.1, 0.15) is 6.04 Å². The van der Waals surface area contributed by atoms with Crippen molar-refractivity contribution in [1.82, 2.24) is 15.6 Å². The van der Waals surface area contributed by atoms with E-state index in [1.165, 1.54) is 49.0 Å². The molecule has 5 N–H and O–H groups in total. The molecule has 0 spiro atoms. The van der Waals surface area contributed by atoms with Gasteiger partial charge in [-0.15, -0.1) is 0 Å². The number of halogens is 2. The van der Waals surface area contributed by atoms with Crippen LogP contribution in [0.3, 0.4) is 0 Å². The summed E-state index contributed by atoms with van der Waals surface area (Å²) in [4.78, 5) is 29.1. The number of aryl methyl sites for hydroxylation is 1. The van der Waals surface area contributed by atoms with E-state index in [9.17, 15) is 23.5 Å².